The van der Waals surface area contributed by atoms with Crippen LogP contribution in [0.4, 0.5) is 0 Å². The number of oxime groups is 1. The second kappa shape index (κ2) is 3.57. The largest absolute Gasteiger partial charge is 0.411 e. The summed E-state index contributed by atoms with van der Waals surface area (Å²) in [5.41, 5.74) is -0.781. The van der Waals surface area contributed by atoms with E-state index in [1.165, 1.54) is 17.8 Å². The van der Waals surface area contributed by atoms with Crippen LogP contribution < -0.4 is 11.2 Å². The van der Waals surface area contributed by atoms with Gasteiger partial charge in [0.1, 0.15) is 5.69 Å². The van der Waals surface area contributed by atoms with Crippen molar-refractivity contribution < 1.29 is 5.21 Å². The van der Waals surface area contributed by atoms with Gasteiger partial charge in [0.2, 0.25) is 0 Å². The molecule has 2 aromatic heterocycles. The van der Waals surface area contributed by atoms with Crippen molar-refractivity contribution in [2.75, 3.05) is 0 Å². The summed E-state index contributed by atoms with van der Waals surface area (Å²) in [6, 6.07) is 0. The highest BCUT2D eigenvalue weighted by Gasteiger charge is 2.07. The van der Waals surface area contributed by atoms with Gasteiger partial charge in [-0.05, 0) is 0 Å². The predicted molar refractivity (Wildman–Crippen MR) is 54.8 cm³/mol. The van der Waals surface area contributed by atoms with Gasteiger partial charge in [-0.25, -0.2) is 14.8 Å². The van der Waals surface area contributed by atoms with Gasteiger partial charge in [0, 0.05) is 7.05 Å². The SMILES string of the molecule is Cn1c(=O)[nH]c(=O)c2nc(/C=N/O)cnc21. The van der Waals surface area contributed by atoms with Crippen molar-refractivity contribution in [3.8, 4) is 0 Å². The molecule has 0 bridgehead atoms. The monoisotopic (exact) mass is 221 g/mol. The normalized spacial score (nSPS) is 11.3. The van der Waals surface area contributed by atoms with Crippen molar-refractivity contribution in [2.24, 2.45) is 12.2 Å². The lowest BCUT2D eigenvalue weighted by atomic mass is 10.4. The van der Waals surface area contributed by atoms with E-state index in [1.807, 2.05) is 0 Å². The van der Waals surface area contributed by atoms with Gasteiger partial charge in [-0.2, -0.15) is 0 Å². The van der Waals surface area contributed by atoms with Crippen LogP contribution in [0.25, 0.3) is 11.2 Å². The molecule has 0 aliphatic rings. The lowest BCUT2D eigenvalue weighted by Gasteiger charge is -2.01. The number of fused-ring (bicyclic) bond motifs is 1. The standard InChI is InChI=1S/C8H7N5O3/c1-13-6-5(7(14)12-8(13)15)11-4(2-9-6)3-10-16/h2-3,16H,1H3,(H,12,14,15)/b10-3+. The molecule has 16 heavy (non-hydrogen) atoms. The summed E-state index contributed by atoms with van der Waals surface area (Å²) in [5, 5.41) is 11.1. The number of aryl methyl sites for hydroxylation is 1. The third-order valence-electron chi connectivity index (χ3n) is 2.02. The Balaban J connectivity index is 2.90. The zero-order chi connectivity index (χ0) is 11.7. The van der Waals surface area contributed by atoms with Crippen LogP contribution in [0.3, 0.4) is 0 Å². The Labute approximate surface area is 87.9 Å². The van der Waals surface area contributed by atoms with Gasteiger partial charge in [-0.15, -0.1) is 0 Å². The Kier molecular flexibility index (Phi) is 2.24. The van der Waals surface area contributed by atoms with Gasteiger partial charge in [0.15, 0.2) is 11.2 Å². The molecule has 0 fully saturated rings. The smallest absolute Gasteiger partial charge is 0.329 e. The summed E-state index contributed by atoms with van der Waals surface area (Å²) in [5.74, 6) is 0. The molecule has 8 heteroatoms. The molecule has 0 aliphatic heterocycles. The summed E-state index contributed by atoms with van der Waals surface area (Å²) in [6.45, 7) is 0. The van der Waals surface area contributed by atoms with E-state index >= 15 is 0 Å². The lowest BCUT2D eigenvalue weighted by Crippen LogP contribution is -2.29. The Hall–Kier alpha value is -2.51. The molecule has 0 amide bonds. The third kappa shape index (κ3) is 1.45. The molecule has 0 saturated heterocycles. The van der Waals surface area contributed by atoms with Crippen molar-refractivity contribution in [3.63, 3.8) is 0 Å². The van der Waals surface area contributed by atoms with Gasteiger partial charge < -0.3 is 5.21 Å². The van der Waals surface area contributed by atoms with E-state index < -0.39 is 11.2 Å². The number of nitrogens with zero attached hydrogens (tertiary/aromatic N) is 4. The van der Waals surface area contributed by atoms with Crippen molar-refractivity contribution in [2.45, 2.75) is 0 Å². The molecule has 2 N–H and O–H groups in total. The molecule has 2 aromatic rings. The number of hydrogen-bond acceptors (Lipinski definition) is 6. The van der Waals surface area contributed by atoms with E-state index in [0.717, 1.165) is 6.21 Å². The fraction of sp³-hybridized carbons (Fsp3) is 0.125. The van der Waals surface area contributed by atoms with Crippen LogP contribution in [-0.4, -0.2) is 30.9 Å². The molecular formula is C8H7N5O3. The molecule has 0 aromatic carbocycles. The molecule has 0 saturated carbocycles. The predicted octanol–water partition coefficient (Wildman–Crippen LogP) is -1.18. The maximum absolute atomic E-state index is 11.4. The van der Waals surface area contributed by atoms with Crippen molar-refractivity contribution >= 4 is 17.4 Å². The number of H-pyrrole nitrogens is 1. The van der Waals surface area contributed by atoms with E-state index in [1.54, 1.807) is 0 Å². The van der Waals surface area contributed by atoms with Crippen LogP contribution in [0.2, 0.25) is 0 Å². The van der Waals surface area contributed by atoms with Crippen LogP contribution in [-0.2, 0) is 7.05 Å². The number of aromatic nitrogens is 4. The Morgan fingerprint density at radius 2 is 2.31 bits per heavy atom. The second-order valence-electron chi connectivity index (χ2n) is 3.03. The second-order valence-corrected chi connectivity index (χ2v) is 3.03. The van der Waals surface area contributed by atoms with Gasteiger partial charge in [0.25, 0.3) is 5.56 Å². The fourth-order valence-electron chi connectivity index (χ4n) is 1.25. The van der Waals surface area contributed by atoms with E-state index in [9.17, 15) is 9.59 Å². The zero-order valence-electron chi connectivity index (χ0n) is 8.21. The molecule has 2 heterocycles. The molecule has 8 nitrogen and oxygen atoms in total. The molecular weight excluding hydrogens is 214 g/mol. The van der Waals surface area contributed by atoms with E-state index in [0.29, 0.717) is 0 Å². The van der Waals surface area contributed by atoms with Crippen LogP contribution in [0.5, 0.6) is 0 Å². The molecule has 0 spiro atoms. The molecule has 0 atom stereocenters. The molecule has 0 unspecified atom stereocenters. The van der Waals surface area contributed by atoms with E-state index in [2.05, 4.69) is 20.1 Å². The molecule has 0 radical (unpaired) electrons. The minimum absolute atomic E-state index is 0.0134. The summed E-state index contributed by atoms with van der Waals surface area (Å²) in [6.07, 6.45) is 2.33. The Bertz CT molecular complexity index is 684. The maximum Gasteiger partial charge on any atom is 0.329 e. The first kappa shape index (κ1) is 10.0. The summed E-state index contributed by atoms with van der Waals surface area (Å²) in [4.78, 5) is 32.6. The first-order chi connectivity index (χ1) is 7.63. The van der Waals surface area contributed by atoms with Crippen LogP contribution in [0.1, 0.15) is 5.69 Å². The van der Waals surface area contributed by atoms with Crippen molar-refractivity contribution in [1.82, 2.24) is 19.5 Å². The first-order valence-electron chi connectivity index (χ1n) is 4.27. The van der Waals surface area contributed by atoms with E-state index in [4.69, 9.17) is 5.21 Å². The highest BCUT2D eigenvalue weighted by atomic mass is 16.4. The van der Waals surface area contributed by atoms with Gasteiger partial charge in [-0.1, -0.05) is 5.16 Å². The topological polar surface area (TPSA) is 113 Å². The molecule has 2 rings (SSSR count). The van der Waals surface area contributed by atoms with Crippen molar-refractivity contribution in [3.05, 3.63) is 32.7 Å². The lowest BCUT2D eigenvalue weighted by molar-refractivity contribution is 0.321. The van der Waals surface area contributed by atoms with Crippen LogP contribution in [0, 0.1) is 0 Å². The zero-order valence-corrected chi connectivity index (χ0v) is 8.21. The number of nitrogens with one attached hydrogen (secondary N) is 1. The minimum Gasteiger partial charge on any atom is -0.411 e. The fourth-order valence-corrected chi connectivity index (χ4v) is 1.25. The number of hydrogen-bond donors (Lipinski definition) is 2. The van der Waals surface area contributed by atoms with Gasteiger partial charge in [0.05, 0.1) is 12.4 Å². The van der Waals surface area contributed by atoms with Gasteiger partial charge in [-0.3, -0.25) is 14.3 Å². The Morgan fingerprint density at radius 1 is 1.56 bits per heavy atom. The Morgan fingerprint density at radius 3 is 3.00 bits per heavy atom. The summed E-state index contributed by atoms with van der Waals surface area (Å²) >= 11 is 0. The maximum atomic E-state index is 11.4. The first-order valence-corrected chi connectivity index (χ1v) is 4.27. The third-order valence-corrected chi connectivity index (χ3v) is 2.02. The highest BCUT2D eigenvalue weighted by molar-refractivity contribution is 5.79. The van der Waals surface area contributed by atoms with Crippen molar-refractivity contribution in [1.29, 1.82) is 0 Å². The number of rotatable bonds is 1. The molecule has 0 aliphatic carbocycles. The average molecular weight is 221 g/mol. The summed E-state index contributed by atoms with van der Waals surface area (Å²) in [7, 11) is 1.47. The minimum atomic E-state index is -0.626. The average Bonchev–Trinajstić information content (AvgIpc) is 2.27. The van der Waals surface area contributed by atoms with Crippen LogP contribution in [0.15, 0.2) is 20.9 Å². The highest BCUT2D eigenvalue weighted by Crippen LogP contribution is 1.99. The molecule has 82 valence electrons. The van der Waals surface area contributed by atoms with E-state index in [-0.39, 0.29) is 16.9 Å². The summed E-state index contributed by atoms with van der Waals surface area (Å²) < 4.78 is 1.17. The quantitative estimate of drug-likeness (QED) is 0.357. The number of aromatic amines is 1. The van der Waals surface area contributed by atoms with Gasteiger partial charge >= 0.3 is 5.69 Å². The van der Waals surface area contributed by atoms with Crippen LogP contribution >= 0.6 is 0 Å².